The number of esters is 2. The van der Waals surface area contributed by atoms with Crippen molar-refractivity contribution < 1.29 is 32.2 Å². The zero-order valence-electron chi connectivity index (χ0n) is 11.3. The van der Waals surface area contributed by atoms with E-state index in [0.29, 0.717) is 0 Å². The van der Waals surface area contributed by atoms with Gasteiger partial charge in [0.25, 0.3) is 0 Å². The number of halogens is 3. The van der Waals surface area contributed by atoms with E-state index in [4.69, 9.17) is 0 Å². The first-order valence-corrected chi connectivity index (χ1v) is 5.70. The van der Waals surface area contributed by atoms with Gasteiger partial charge >= 0.3 is 18.1 Å². The molecule has 0 aliphatic rings. The third-order valence-corrected chi connectivity index (χ3v) is 2.49. The van der Waals surface area contributed by atoms with Gasteiger partial charge < -0.3 is 14.4 Å². The molecule has 0 unspecified atom stereocenters. The lowest BCUT2D eigenvalue weighted by atomic mass is 10.2. The van der Waals surface area contributed by atoms with Gasteiger partial charge in [-0.05, 0) is 12.1 Å². The van der Waals surface area contributed by atoms with E-state index in [1.165, 1.54) is 0 Å². The Morgan fingerprint density at radius 3 is 2.14 bits per heavy atom. The van der Waals surface area contributed by atoms with Gasteiger partial charge in [0, 0.05) is 6.20 Å². The number of hydrogen-bond acceptors (Lipinski definition) is 6. The average Bonchev–Trinajstić information content (AvgIpc) is 2.45. The number of alkyl halides is 3. The van der Waals surface area contributed by atoms with Crippen molar-refractivity contribution in [1.29, 1.82) is 0 Å². The molecule has 0 aliphatic heterocycles. The fourth-order valence-electron chi connectivity index (χ4n) is 1.52. The summed E-state index contributed by atoms with van der Waals surface area (Å²) in [5, 5.41) is 0. The zero-order chi connectivity index (χ0) is 16.0. The van der Waals surface area contributed by atoms with Gasteiger partial charge in [-0.1, -0.05) is 0 Å². The summed E-state index contributed by atoms with van der Waals surface area (Å²) in [6, 6.07) is 1.92. The van der Waals surface area contributed by atoms with Gasteiger partial charge in [-0.2, -0.15) is 13.2 Å². The number of anilines is 1. The van der Waals surface area contributed by atoms with Crippen molar-refractivity contribution in [3.05, 3.63) is 23.9 Å². The summed E-state index contributed by atoms with van der Waals surface area (Å²) in [5.74, 6) is -2.16. The number of nitrogens with zero attached hydrogens (tertiary/aromatic N) is 2. The molecular weight excluding hydrogens is 293 g/mol. The molecule has 0 fully saturated rings. The largest absolute Gasteiger partial charge is 0.468 e. The summed E-state index contributed by atoms with van der Waals surface area (Å²) in [6.07, 6.45) is -3.54. The van der Waals surface area contributed by atoms with Gasteiger partial charge in [-0.3, -0.25) is 9.59 Å². The van der Waals surface area contributed by atoms with E-state index in [-0.39, 0.29) is 0 Å². The van der Waals surface area contributed by atoms with Gasteiger partial charge in [0.2, 0.25) is 0 Å². The Balaban J connectivity index is 3.19. The van der Waals surface area contributed by atoms with Crippen LogP contribution in [0.25, 0.3) is 0 Å². The first-order chi connectivity index (χ1) is 9.79. The second-order valence-electron chi connectivity index (χ2n) is 3.88. The highest BCUT2D eigenvalue weighted by Gasteiger charge is 2.36. The summed E-state index contributed by atoms with van der Waals surface area (Å²) < 4.78 is 47.6. The Morgan fingerprint density at radius 2 is 1.71 bits per heavy atom. The quantitative estimate of drug-likeness (QED) is 0.763. The second kappa shape index (κ2) is 6.91. The molecular formula is C12H13F3N2O4. The summed E-state index contributed by atoms with van der Waals surface area (Å²) in [6.45, 7) is -1.13. The lowest BCUT2D eigenvalue weighted by molar-refractivity contribution is -0.141. The molecule has 0 amide bonds. The van der Waals surface area contributed by atoms with Gasteiger partial charge in [0.15, 0.2) is 0 Å². The van der Waals surface area contributed by atoms with Crippen molar-refractivity contribution in [2.45, 2.75) is 6.18 Å². The molecule has 0 spiro atoms. The molecule has 1 aromatic rings. The van der Waals surface area contributed by atoms with Crippen LogP contribution < -0.4 is 4.90 Å². The molecule has 9 heteroatoms. The van der Waals surface area contributed by atoms with Crippen LogP contribution in [0.2, 0.25) is 0 Å². The number of rotatable bonds is 5. The summed E-state index contributed by atoms with van der Waals surface area (Å²) in [4.78, 5) is 27.1. The average molecular weight is 306 g/mol. The summed E-state index contributed by atoms with van der Waals surface area (Å²) >= 11 is 0. The molecule has 0 radical (unpaired) electrons. The topological polar surface area (TPSA) is 68.7 Å². The van der Waals surface area contributed by atoms with Crippen LogP contribution in [-0.2, 0) is 25.2 Å². The second-order valence-corrected chi connectivity index (χ2v) is 3.88. The van der Waals surface area contributed by atoms with E-state index in [0.717, 1.165) is 37.4 Å². The first kappa shape index (κ1) is 16.7. The maximum atomic E-state index is 12.9. The third-order valence-electron chi connectivity index (χ3n) is 2.49. The number of hydrogen-bond donors (Lipinski definition) is 0. The van der Waals surface area contributed by atoms with Crippen molar-refractivity contribution in [2.75, 3.05) is 32.2 Å². The smallest absolute Gasteiger partial charge is 0.419 e. The van der Waals surface area contributed by atoms with Crippen LogP contribution in [0, 0.1) is 0 Å². The molecule has 1 heterocycles. The Morgan fingerprint density at radius 1 is 1.19 bits per heavy atom. The monoisotopic (exact) mass is 306 g/mol. The fourth-order valence-corrected chi connectivity index (χ4v) is 1.52. The number of pyridine rings is 1. The lowest BCUT2D eigenvalue weighted by Gasteiger charge is -2.24. The normalized spacial score (nSPS) is 10.9. The highest BCUT2D eigenvalue weighted by Crippen LogP contribution is 2.35. The summed E-state index contributed by atoms with van der Waals surface area (Å²) in [5.41, 5.74) is -1.06. The van der Waals surface area contributed by atoms with Gasteiger partial charge in [-0.15, -0.1) is 0 Å². The lowest BCUT2D eigenvalue weighted by Crippen LogP contribution is -2.37. The van der Waals surface area contributed by atoms with E-state index in [9.17, 15) is 22.8 Å². The minimum absolute atomic E-state index is 0.541. The van der Waals surface area contributed by atoms with Crippen molar-refractivity contribution in [3.63, 3.8) is 0 Å². The Labute approximate surface area is 118 Å². The Bertz CT molecular complexity index is 501. The van der Waals surface area contributed by atoms with E-state index < -0.39 is 42.6 Å². The third kappa shape index (κ3) is 4.62. The molecule has 1 aromatic heterocycles. The number of methoxy groups -OCH3 is 2. The molecule has 0 aromatic carbocycles. The van der Waals surface area contributed by atoms with Crippen molar-refractivity contribution in [2.24, 2.45) is 0 Å². The van der Waals surface area contributed by atoms with E-state index in [1.807, 2.05) is 0 Å². The molecule has 0 saturated heterocycles. The molecule has 0 saturated carbocycles. The Kier molecular flexibility index (Phi) is 5.51. The molecule has 0 bridgehead atoms. The van der Waals surface area contributed by atoms with Gasteiger partial charge in [-0.25, -0.2) is 4.98 Å². The molecule has 1 rings (SSSR count). The van der Waals surface area contributed by atoms with Crippen LogP contribution >= 0.6 is 0 Å². The number of aromatic nitrogens is 1. The minimum atomic E-state index is -4.67. The summed E-state index contributed by atoms with van der Waals surface area (Å²) in [7, 11) is 2.17. The molecule has 6 nitrogen and oxygen atoms in total. The predicted octanol–water partition coefficient (Wildman–Crippen LogP) is 1.25. The maximum absolute atomic E-state index is 12.9. The van der Waals surface area contributed by atoms with Gasteiger partial charge in [0.1, 0.15) is 18.9 Å². The van der Waals surface area contributed by atoms with E-state index in [2.05, 4.69) is 14.5 Å². The van der Waals surface area contributed by atoms with Crippen LogP contribution in [0.5, 0.6) is 0 Å². The predicted molar refractivity (Wildman–Crippen MR) is 65.5 cm³/mol. The van der Waals surface area contributed by atoms with Crippen LogP contribution in [0.15, 0.2) is 18.3 Å². The van der Waals surface area contributed by atoms with Crippen LogP contribution in [0.1, 0.15) is 5.56 Å². The Hall–Kier alpha value is -2.32. The SMILES string of the molecule is COC(=O)CN(CC(=O)OC)c1ncccc1C(F)(F)F. The number of ether oxygens (including phenoxy) is 2. The van der Waals surface area contributed by atoms with E-state index in [1.54, 1.807) is 0 Å². The van der Waals surface area contributed by atoms with Crippen molar-refractivity contribution in [1.82, 2.24) is 4.98 Å². The van der Waals surface area contributed by atoms with Crippen molar-refractivity contribution in [3.8, 4) is 0 Å². The van der Waals surface area contributed by atoms with Crippen LogP contribution in [0.3, 0.4) is 0 Å². The van der Waals surface area contributed by atoms with Crippen LogP contribution in [0.4, 0.5) is 19.0 Å². The molecule has 0 aliphatic carbocycles. The highest BCUT2D eigenvalue weighted by atomic mass is 19.4. The number of carbonyl (C=O) groups is 2. The molecule has 0 N–H and O–H groups in total. The zero-order valence-corrected chi connectivity index (χ0v) is 11.3. The first-order valence-electron chi connectivity index (χ1n) is 5.70. The number of carbonyl (C=O) groups excluding carboxylic acids is 2. The highest BCUT2D eigenvalue weighted by molar-refractivity contribution is 5.81. The fraction of sp³-hybridized carbons (Fsp3) is 0.417. The molecule has 21 heavy (non-hydrogen) atoms. The van der Waals surface area contributed by atoms with Crippen LogP contribution in [-0.4, -0.2) is 44.2 Å². The molecule has 116 valence electrons. The molecule has 0 atom stereocenters. The van der Waals surface area contributed by atoms with Crippen molar-refractivity contribution >= 4 is 17.8 Å². The maximum Gasteiger partial charge on any atom is 0.419 e. The standard InChI is InChI=1S/C12H13F3N2O4/c1-20-9(18)6-17(7-10(19)21-2)11-8(12(13,14)15)4-3-5-16-11/h3-5H,6-7H2,1-2H3. The minimum Gasteiger partial charge on any atom is -0.468 e. The van der Waals surface area contributed by atoms with E-state index >= 15 is 0 Å². The van der Waals surface area contributed by atoms with Gasteiger partial charge in [0.05, 0.1) is 19.8 Å².